The maximum absolute atomic E-state index is 6.37. The Morgan fingerprint density at radius 1 is 1.25 bits per heavy atom. The number of aromatic nitrogens is 2. The summed E-state index contributed by atoms with van der Waals surface area (Å²) in [4.78, 5) is 0. The molecule has 20 heavy (non-hydrogen) atoms. The minimum atomic E-state index is 0.697. The van der Waals surface area contributed by atoms with Crippen LogP contribution in [-0.4, -0.2) is 9.78 Å². The van der Waals surface area contributed by atoms with Crippen LogP contribution in [0.2, 0.25) is 5.02 Å². The van der Waals surface area contributed by atoms with E-state index >= 15 is 0 Å². The van der Waals surface area contributed by atoms with Crippen LogP contribution >= 0.6 is 11.6 Å². The van der Waals surface area contributed by atoms with Crippen LogP contribution in [0.25, 0.3) is 0 Å². The number of nitrogens with one attached hydrogen (secondary N) is 1. The second kappa shape index (κ2) is 6.80. The van der Waals surface area contributed by atoms with Crippen molar-refractivity contribution in [3.8, 4) is 0 Å². The van der Waals surface area contributed by atoms with Crippen molar-refractivity contribution >= 4 is 17.3 Å². The third kappa shape index (κ3) is 3.15. The summed E-state index contributed by atoms with van der Waals surface area (Å²) >= 11 is 6.37. The molecule has 1 heterocycles. The van der Waals surface area contributed by atoms with Crippen LogP contribution in [0.15, 0.2) is 24.3 Å². The zero-order valence-electron chi connectivity index (χ0n) is 12.4. The first-order valence-corrected chi connectivity index (χ1v) is 7.57. The van der Waals surface area contributed by atoms with Crippen LogP contribution in [0.3, 0.4) is 0 Å². The Balaban J connectivity index is 2.15. The van der Waals surface area contributed by atoms with Gasteiger partial charge in [0.05, 0.1) is 23.0 Å². The van der Waals surface area contributed by atoms with Gasteiger partial charge in [0.2, 0.25) is 0 Å². The fourth-order valence-electron chi connectivity index (χ4n) is 2.37. The van der Waals surface area contributed by atoms with Crippen molar-refractivity contribution in [1.29, 1.82) is 0 Å². The van der Waals surface area contributed by atoms with E-state index in [2.05, 4.69) is 48.5 Å². The Bertz CT molecular complexity index is 575. The smallest absolute Gasteiger partial charge is 0.0868 e. The van der Waals surface area contributed by atoms with Gasteiger partial charge in [-0.3, -0.25) is 4.68 Å². The van der Waals surface area contributed by atoms with Gasteiger partial charge in [-0.15, -0.1) is 0 Å². The molecule has 0 spiro atoms. The summed E-state index contributed by atoms with van der Waals surface area (Å²) in [6, 6.07) is 8.44. The predicted molar refractivity (Wildman–Crippen MR) is 85.4 cm³/mol. The maximum atomic E-state index is 6.37. The van der Waals surface area contributed by atoms with Crippen LogP contribution in [0.5, 0.6) is 0 Å². The van der Waals surface area contributed by atoms with Gasteiger partial charge in [0.15, 0.2) is 0 Å². The largest absolute Gasteiger partial charge is 0.379 e. The van der Waals surface area contributed by atoms with E-state index in [1.807, 2.05) is 11.7 Å². The van der Waals surface area contributed by atoms with Crippen molar-refractivity contribution in [1.82, 2.24) is 9.78 Å². The van der Waals surface area contributed by atoms with Crippen LogP contribution in [0.1, 0.15) is 37.2 Å². The van der Waals surface area contributed by atoms with Gasteiger partial charge in [-0.2, -0.15) is 5.10 Å². The maximum Gasteiger partial charge on any atom is 0.0868 e. The molecule has 2 rings (SSSR count). The zero-order chi connectivity index (χ0) is 14.5. The molecule has 0 bridgehead atoms. The monoisotopic (exact) mass is 291 g/mol. The molecule has 4 heteroatoms. The summed E-state index contributed by atoms with van der Waals surface area (Å²) in [5.74, 6) is 0. The molecule has 0 unspecified atom stereocenters. The van der Waals surface area contributed by atoms with Gasteiger partial charge in [-0.1, -0.05) is 50.1 Å². The van der Waals surface area contributed by atoms with Crippen molar-refractivity contribution < 1.29 is 0 Å². The van der Waals surface area contributed by atoms with Gasteiger partial charge >= 0.3 is 0 Å². The first-order chi connectivity index (χ1) is 9.67. The zero-order valence-corrected chi connectivity index (χ0v) is 13.2. The van der Waals surface area contributed by atoms with Crippen molar-refractivity contribution in [2.75, 3.05) is 5.32 Å². The fourth-order valence-corrected chi connectivity index (χ4v) is 2.73. The summed E-state index contributed by atoms with van der Waals surface area (Å²) in [5.41, 5.74) is 4.54. The van der Waals surface area contributed by atoms with Crippen molar-refractivity contribution in [3.63, 3.8) is 0 Å². The molecular weight excluding hydrogens is 270 g/mol. The molecule has 0 fully saturated rings. The van der Waals surface area contributed by atoms with Gasteiger partial charge in [0.25, 0.3) is 0 Å². The van der Waals surface area contributed by atoms with Gasteiger partial charge in [0, 0.05) is 12.7 Å². The lowest BCUT2D eigenvalue weighted by atomic mass is 10.1. The van der Waals surface area contributed by atoms with E-state index in [-0.39, 0.29) is 0 Å². The van der Waals surface area contributed by atoms with Gasteiger partial charge < -0.3 is 5.32 Å². The summed E-state index contributed by atoms with van der Waals surface area (Å²) < 4.78 is 1.87. The van der Waals surface area contributed by atoms with Gasteiger partial charge in [0.1, 0.15) is 0 Å². The van der Waals surface area contributed by atoms with E-state index in [0.29, 0.717) is 6.54 Å². The molecule has 0 saturated carbocycles. The number of hydrogen-bond acceptors (Lipinski definition) is 2. The lowest BCUT2D eigenvalue weighted by Gasteiger charge is -2.12. The summed E-state index contributed by atoms with van der Waals surface area (Å²) in [6.45, 7) is 4.97. The molecule has 108 valence electrons. The minimum absolute atomic E-state index is 0.697. The van der Waals surface area contributed by atoms with Crippen molar-refractivity contribution in [2.24, 2.45) is 7.05 Å². The number of nitrogens with zero attached hydrogens (tertiary/aromatic N) is 2. The molecule has 1 aromatic carbocycles. The molecule has 1 aromatic heterocycles. The number of hydrogen-bond donors (Lipinski definition) is 1. The molecule has 0 saturated heterocycles. The predicted octanol–water partition coefficient (Wildman–Crippen LogP) is 4.20. The van der Waals surface area contributed by atoms with E-state index in [9.17, 15) is 0 Å². The Morgan fingerprint density at radius 2 is 2.00 bits per heavy atom. The number of anilines is 1. The first kappa shape index (κ1) is 14.9. The first-order valence-electron chi connectivity index (χ1n) is 7.19. The highest BCUT2D eigenvalue weighted by Crippen LogP contribution is 2.23. The Kier molecular flexibility index (Phi) is 5.07. The quantitative estimate of drug-likeness (QED) is 0.864. The number of para-hydroxylation sites is 1. The highest BCUT2D eigenvalue weighted by atomic mass is 35.5. The summed E-state index contributed by atoms with van der Waals surface area (Å²) in [5, 5.41) is 8.72. The standard InChI is InChI=1S/C16H22ClN3/c1-4-8-12-9-6-7-10-14(12)18-11-15-16(17)13(5-2)19-20(15)3/h6-7,9-10,18H,4-5,8,11H2,1-3H3. The summed E-state index contributed by atoms with van der Waals surface area (Å²) in [7, 11) is 1.94. The Hall–Kier alpha value is -1.48. The molecule has 3 nitrogen and oxygen atoms in total. The fraction of sp³-hybridized carbons (Fsp3) is 0.438. The SMILES string of the molecule is CCCc1ccccc1NCc1c(Cl)c(CC)nn1C. The highest BCUT2D eigenvalue weighted by molar-refractivity contribution is 6.31. The molecule has 0 amide bonds. The van der Waals surface area contributed by atoms with E-state index in [0.717, 1.165) is 35.7 Å². The number of aryl methyl sites for hydroxylation is 3. The third-order valence-electron chi connectivity index (χ3n) is 3.49. The second-order valence-electron chi connectivity index (χ2n) is 4.95. The van der Waals surface area contributed by atoms with Crippen molar-refractivity contribution in [3.05, 3.63) is 46.2 Å². The van der Waals surface area contributed by atoms with Crippen LogP contribution < -0.4 is 5.32 Å². The van der Waals surface area contributed by atoms with Crippen LogP contribution in [0, 0.1) is 0 Å². The van der Waals surface area contributed by atoms with Crippen molar-refractivity contribution in [2.45, 2.75) is 39.7 Å². The topological polar surface area (TPSA) is 29.9 Å². The highest BCUT2D eigenvalue weighted by Gasteiger charge is 2.12. The molecular formula is C16H22ClN3. The molecule has 2 aromatic rings. The van der Waals surface area contributed by atoms with Crippen LogP contribution in [-0.2, 0) is 26.4 Å². The van der Waals surface area contributed by atoms with E-state index in [1.165, 1.54) is 11.3 Å². The Labute approximate surface area is 126 Å². The third-order valence-corrected chi connectivity index (χ3v) is 3.92. The minimum Gasteiger partial charge on any atom is -0.379 e. The average Bonchev–Trinajstić information content (AvgIpc) is 2.73. The lowest BCUT2D eigenvalue weighted by Crippen LogP contribution is -2.07. The molecule has 0 aliphatic carbocycles. The lowest BCUT2D eigenvalue weighted by molar-refractivity contribution is 0.706. The molecule has 0 atom stereocenters. The van der Waals surface area contributed by atoms with Gasteiger partial charge in [-0.05, 0) is 24.5 Å². The second-order valence-corrected chi connectivity index (χ2v) is 5.32. The molecule has 1 N–H and O–H groups in total. The van der Waals surface area contributed by atoms with E-state index in [1.54, 1.807) is 0 Å². The number of rotatable bonds is 6. The van der Waals surface area contributed by atoms with E-state index in [4.69, 9.17) is 11.6 Å². The van der Waals surface area contributed by atoms with E-state index < -0.39 is 0 Å². The normalized spacial score (nSPS) is 10.8. The summed E-state index contributed by atoms with van der Waals surface area (Å²) in [6.07, 6.45) is 3.09. The van der Waals surface area contributed by atoms with Crippen LogP contribution in [0.4, 0.5) is 5.69 Å². The number of benzene rings is 1. The number of halogens is 1. The molecule has 0 aliphatic heterocycles. The molecule has 0 aliphatic rings. The molecule has 0 radical (unpaired) electrons. The Morgan fingerprint density at radius 3 is 2.65 bits per heavy atom. The van der Waals surface area contributed by atoms with Gasteiger partial charge in [-0.25, -0.2) is 0 Å². The average molecular weight is 292 g/mol.